The van der Waals surface area contributed by atoms with Gasteiger partial charge in [-0.2, -0.15) is 0 Å². The van der Waals surface area contributed by atoms with Crippen molar-refractivity contribution in [3.05, 3.63) is 24.4 Å². The number of hydrogen-bond acceptors (Lipinski definition) is 4. The van der Waals surface area contributed by atoms with Crippen molar-refractivity contribution >= 4 is 11.7 Å². The minimum Gasteiger partial charge on any atom is -0.353 e. The second-order valence-electron chi connectivity index (χ2n) is 5.95. The number of rotatable bonds is 3. The van der Waals surface area contributed by atoms with Gasteiger partial charge in [0.25, 0.3) is 0 Å². The van der Waals surface area contributed by atoms with Crippen LogP contribution in [0.1, 0.15) is 19.3 Å². The number of nitrogens with zero attached hydrogens (tertiary/aromatic N) is 3. The summed E-state index contributed by atoms with van der Waals surface area (Å²) < 4.78 is 0. The van der Waals surface area contributed by atoms with Crippen molar-refractivity contribution in [1.29, 1.82) is 0 Å². The van der Waals surface area contributed by atoms with Gasteiger partial charge in [-0.05, 0) is 44.0 Å². The van der Waals surface area contributed by atoms with Crippen LogP contribution in [0.3, 0.4) is 0 Å². The minimum absolute atomic E-state index is 0.336. The lowest BCUT2D eigenvalue weighted by atomic mass is 9.94. The molecule has 2 fully saturated rings. The highest BCUT2D eigenvalue weighted by atomic mass is 16.2. The summed E-state index contributed by atoms with van der Waals surface area (Å²) in [6.45, 7) is 5.53. The Labute approximate surface area is 126 Å². The minimum atomic E-state index is 0.336. The molecule has 0 spiro atoms. The van der Waals surface area contributed by atoms with Gasteiger partial charge < -0.3 is 15.1 Å². The summed E-state index contributed by atoms with van der Waals surface area (Å²) >= 11 is 0. The summed E-state index contributed by atoms with van der Waals surface area (Å²) in [4.78, 5) is 21.0. The fraction of sp³-hybridized carbons (Fsp3) is 0.625. The summed E-state index contributed by atoms with van der Waals surface area (Å²) in [7, 11) is 0. The van der Waals surface area contributed by atoms with Crippen molar-refractivity contribution in [3.8, 4) is 0 Å². The van der Waals surface area contributed by atoms with Crippen LogP contribution in [-0.4, -0.2) is 55.1 Å². The summed E-state index contributed by atoms with van der Waals surface area (Å²) in [6.07, 6.45) is 4.83. The molecule has 1 aromatic rings. The molecular weight excluding hydrogens is 264 g/mol. The van der Waals surface area contributed by atoms with Crippen molar-refractivity contribution in [1.82, 2.24) is 15.2 Å². The lowest BCUT2D eigenvalue weighted by Gasteiger charge is -2.36. The Hall–Kier alpha value is -1.62. The Kier molecular flexibility index (Phi) is 4.70. The van der Waals surface area contributed by atoms with Gasteiger partial charge in [0.15, 0.2) is 0 Å². The maximum absolute atomic E-state index is 12.4. The molecular formula is C16H24N4O. The van der Waals surface area contributed by atoms with E-state index in [9.17, 15) is 4.79 Å². The maximum atomic E-state index is 12.4. The number of piperidine rings is 1. The predicted molar refractivity (Wildman–Crippen MR) is 83.2 cm³/mol. The van der Waals surface area contributed by atoms with E-state index in [-0.39, 0.29) is 0 Å². The molecule has 1 N–H and O–H groups in total. The standard InChI is InChI=1S/C16H24N4O/c21-16(13-14-4-7-17-8-5-14)20-11-9-19(10-12-20)15-3-1-2-6-18-15/h1-3,6,14,17H,4-5,7-13H2. The van der Waals surface area contributed by atoms with Gasteiger partial charge in [0.2, 0.25) is 5.91 Å². The van der Waals surface area contributed by atoms with Gasteiger partial charge in [0.05, 0.1) is 0 Å². The van der Waals surface area contributed by atoms with E-state index in [2.05, 4.69) is 15.2 Å². The van der Waals surface area contributed by atoms with Crippen molar-refractivity contribution in [2.75, 3.05) is 44.2 Å². The molecule has 1 amide bonds. The highest BCUT2D eigenvalue weighted by Gasteiger charge is 2.24. The molecule has 2 aliphatic heterocycles. The fourth-order valence-corrected chi connectivity index (χ4v) is 3.19. The SMILES string of the molecule is O=C(CC1CCNCC1)N1CCN(c2ccccn2)CC1. The second-order valence-corrected chi connectivity index (χ2v) is 5.95. The smallest absolute Gasteiger partial charge is 0.222 e. The second kappa shape index (κ2) is 6.89. The number of carbonyl (C=O) groups is 1. The molecule has 21 heavy (non-hydrogen) atoms. The molecule has 3 rings (SSSR count). The molecule has 5 nitrogen and oxygen atoms in total. The first kappa shape index (κ1) is 14.3. The summed E-state index contributed by atoms with van der Waals surface area (Å²) in [6, 6.07) is 5.98. The van der Waals surface area contributed by atoms with Crippen LogP contribution in [0.4, 0.5) is 5.82 Å². The van der Waals surface area contributed by atoms with E-state index >= 15 is 0 Å². The highest BCUT2D eigenvalue weighted by molar-refractivity contribution is 5.76. The number of piperazine rings is 1. The third-order valence-electron chi connectivity index (χ3n) is 4.53. The van der Waals surface area contributed by atoms with E-state index in [0.29, 0.717) is 11.8 Å². The van der Waals surface area contributed by atoms with Gasteiger partial charge in [-0.3, -0.25) is 4.79 Å². The van der Waals surface area contributed by atoms with Crippen LogP contribution in [0.25, 0.3) is 0 Å². The lowest BCUT2D eigenvalue weighted by molar-refractivity contribution is -0.132. The quantitative estimate of drug-likeness (QED) is 0.905. The van der Waals surface area contributed by atoms with Crippen LogP contribution in [0.5, 0.6) is 0 Å². The van der Waals surface area contributed by atoms with E-state index in [1.807, 2.05) is 29.3 Å². The third-order valence-corrected chi connectivity index (χ3v) is 4.53. The monoisotopic (exact) mass is 288 g/mol. The first-order valence-electron chi connectivity index (χ1n) is 7.97. The number of nitrogens with one attached hydrogen (secondary N) is 1. The topological polar surface area (TPSA) is 48.5 Å². The van der Waals surface area contributed by atoms with E-state index in [1.165, 1.54) is 0 Å². The van der Waals surface area contributed by atoms with Gasteiger partial charge in [0.1, 0.15) is 5.82 Å². The van der Waals surface area contributed by atoms with E-state index in [4.69, 9.17) is 0 Å². The maximum Gasteiger partial charge on any atom is 0.222 e. The van der Waals surface area contributed by atoms with Crippen LogP contribution in [0, 0.1) is 5.92 Å². The summed E-state index contributed by atoms with van der Waals surface area (Å²) in [5.41, 5.74) is 0. The Morgan fingerprint density at radius 1 is 1.19 bits per heavy atom. The average Bonchev–Trinajstić information content (AvgIpc) is 2.57. The largest absolute Gasteiger partial charge is 0.353 e. The molecule has 2 aliphatic rings. The van der Waals surface area contributed by atoms with Gasteiger partial charge >= 0.3 is 0 Å². The van der Waals surface area contributed by atoms with Crippen LogP contribution < -0.4 is 10.2 Å². The fourth-order valence-electron chi connectivity index (χ4n) is 3.19. The normalized spacial score (nSPS) is 20.6. The van der Waals surface area contributed by atoms with Crippen LogP contribution >= 0.6 is 0 Å². The number of pyridine rings is 1. The number of aromatic nitrogens is 1. The van der Waals surface area contributed by atoms with Gasteiger partial charge in [-0.25, -0.2) is 4.98 Å². The van der Waals surface area contributed by atoms with Crippen molar-refractivity contribution in [2.24, 2.45) is 5.92 Å². The molecule has 5 heteroatoms. The Morgan fingerprint density at radius 3 is 2.62 bits per heavy atom. The first-order valence-corrected chi connectivity index (χ1v) is 7.97. The average molecular weight is 288 g/mol. The van der Waals surface area contributed by atoms with Gasteiger partial charge in [-0.1, -0.05) is 6.07 Å². The van der Waals surface area contributed by atoms with Crippen LogP contribution in [-0.2, 0) is 4.79 Å². The van der Waals surface area contributed by atoms with Crippen molar-refractivity contribution in [3.63, 3.8) is 0 Å². The van der Waals surface area contributed by atoms with E-state index in [1.54, 1.807) is 0 Å². The van der Waals surface area contributed by atoms with Crippen LogP contribution in [0.2, 0.25) is 0 Å². The number of amides is 1. The first-order chi connectivity index (χ1) is 10.3. The zero-order chi connectivity index (χ0) is 14.5. The van der Waals surface area contributed by atoms with Crippen molar-refractivity contribution < 1.29 is 4.79 Å². The van der Waals surface area contributed by atoms with Crippen LogP contribution in [0.15, 0.2) is 24.4 Å². The number of carbonyl (C=O) groups excluding carboxylic acids is 1. The molecule has 114 valence electrons. The predicted octanol–water partition coefficient (Wildman–Crippen LogP) is 1.12. The Balaban J connectivity index is 1.47. The molecule has 0 unspecified atom stereocenters. The van der Waals surface area contributed by atoms with E-state index < -0.39 is 0 Å². The van der Waals surface area contributed by atoms with Gasteiger partial charge in [-0.15, -0.1) is 0 Å². The summed E-state index contributed by atoms with van der Waals surface area (Å²) in [5, 5.41) is 3.35. The lowest BCUT2D eigenvalue weighted by Crippen LogP contribution is -2.49. The summed E-state index contributed by atoms with van der Waals surface area (Å²) in [5.74, 6) is 1.93. The number of anilines is 1. The Bertz CT molecular complexity index is 451. The molecule has 0 atom stereocenters. The zero-order valence-corrected chi connectivity index (χ0v) is 12.5. The molecule has 0 radical (unpaired) electrons. The zero-order valence-electron chi connectivity index (χ0n) is 12.5. The molecule has 0 aliphatic carbocycles. The third kappa shape index (κ3) is 3.73. The molecule has 0 bridgehead atoms. The van der Waals surface area contributed by atoms with Crippen molar-refractivity contribution in [2.45, 2.75) is 19.3 Å². The van der Waals surface area contributed by atoms with Gasteiger partial charge in [0, 0.05) is 38.8 Å². The van der Waals surface area contributed by atoms with E-state index in [0.717, 1.165) is 64.3 Å². The molecule has 3 heterocycles. The molecule has 2 saturated heterocycles. The highest BCUT2D eigenvalue weighted by Crippen LogP contribution is 2.19. The number of hydrogen-bond donors (Lipinski definition) is 1. The molecule has 1 aromatic heterocycles. The Morgan fingerprint density at radius 2 is 1.95 bits per heavy atom. The molecule has 0 aromatic carbocycles. The molecule has 0 saturated carbocycles.